The summed E-state index contributed by atoms with van der Waals surface area (Å²) in [7, 11) is 0. The smallest absolute Gasteiger partial charge is 0.0123 e. The van der Waals surface area contributed by atoms with E-state index in [4.69, 9.17) is 5.41 Å². The Morgan fingerprint density at radius 3 is 2.70 bits per heavy atom. The van der Waals surface area contributed by atoms with Gasteiger partial charge in [0.15, 0.2) is 0 Å². The summed E-state index contributed by atoms with van der Waals surface area (Å²) >= 11 is 0. The van der Waals surface area contributed by atoms with Gasteiger partial charge in [-0.05, 0) is 37.5 Å². The normalized spacial score (nSPS) is 39.8. The van der Waals surface area contributed by atoms with Crippen LogP contribution in [0.4, 0.5) is 0 Å². The lowest BCUT2D eigenvalue weighted by Gasteiger charge is -2.24. The zero-order chi connectivity index (χ0) is 6.97. The molecule has 1 N–H and O–H groups in total. The molecule has 2 aliphatic rings. The minimum atomic E-state index is 0.716. The molecule has 1 heteroatoms. The van der Waals surface area contributed by atoms with Crippen molar-refractivity contribution < 1.29 is 0 Å². The van der Waals surface area contributed by atoms with E-state index < -0.39 is 0 Å². The summed E-state index contributed by atoms with van der Waals surface area (Å²) < 4.78 is 0. The van der Waals surface area contributed by atoms with E-state index in [2.05, 4.69) is 0 Å². The minimum Gasteiger partial charge on any atom is -0.309 e. The summed E-state index contributed by atoms with van der Waals surface area (Å²) in [6.07, 6.45) is 7.97. The first-order valence-electron chi connectivity index (χ1n) is 4.45. The van der Waals surface area contributed by atoms with E-state index in [1.54, 1.807) is 0 Å². The first kappa shape index (κ1) is 6.38. The molecule has 1 nitrogen and oxygen atoms in total. The van der Waals surface area contributed by atoms with Gasteiger partial charge in [0.1, 0.15) is 0 Å². The highest BCUT2D eigenvalue weighted by Gasteiger charge is 2.33. The van der Waals surface area contributed by atoms with Crippen molar-refractivity contribution in [3.05, 3.63) is 0 Å². The predicted octanol–water partition coefficient (Wildman–Crippen LogP) is 2.61. The van der Waals surface area contributed by atoms with Gasteiger partial charge in [0.2, 0.25) is 0 Å². The number of nitrogens with one attached hydrogen (secondary N) is 1. The zero-order valence-electron chi connectivity index (χ0n) is 6.40. The van der Waals surface area contributed by atoms with E-state index in [1.165, 1.54) is 32.1 Å². The molecule has 0 aromatic heterocycles. The highest BCUT2D eigenvalue weighted by Crippen LogP contribution is 2.39. The van der Waals surface area contributed by atoms with Crippen molar-refractivity contribution in [1.29, 1.82) is 5.41 Å². The summed E-state index contributed by atoms with van der Waals surface area (Å²) in [5.41, 5.74) is 1.06. The molecule has 0 radical (unpaired) electrons. The molecule has 2 atom stereocenters. The molecule has 56 valence electrons. The Balaban J connectivity index is 2.08. The highest BCUT2D eigenvalue weighted by atomic mass is 14.5. The predicted molar refractivity (Wildman–Crippen MR) is 42.4 cm³/mol. The fourth-order valence-corrected chi connectivity index (χ4v) is 2.54. The Bertz CT molecular complexity index is 151. The third-order valence-electron chi connectivity index (χ3n) is 3.14. The van der Waals surface area contributed by atoms with E-state index in [9.17, 15) is 0 Å². The summed E-state index contributed by atoms with van der Waals surface area (Å²) in [5, 5.41) is 7.67. The molecular weight excluding hydrogens is 122 g/mol. The first-order valence-corrected chi connectivity index (χ1v) is 4.45. The Labute approximate surface area is 62.3 Å². The summed E-state index contributed by atoms with van der Waals surface area (Å²) in [6.45, 7) is 0. The van der Waals surface area contributed by atoms with Crippen LogP contribution >= 0.6 is 0 Å². The molecule has 2 unspecified atom stereocenters. The Morgan fingerprint density at radius 1 is 1.10 bits per heavy atom. The first-order chi connectivity index (χ1) is 4.88. The van der Waals surface area contributed by atoms with Gasteiger partial charge in [0.25, 0.3) is 0 Å². The molecule has 0 bridgehead atoms. The van der Waals surface area contributed by atoms with Gasteiger partial charge in [-0.3, -0.25) is 0 Å². The van der Waals surface area contributed by atoms with Gasteiger partial charge < -0.3 is 5.41 Å². The monoisotopic (exact) mass is 137 g/mol. The molecule has 2 saturated carbocycles. The second-order valence-electron chi connectivity index (χ2n) is 3.71. The number of fused-ring (bicyclic) bond motifs is 1. The van der Waals surface area contributed by atoms with Crippen molar-refractivity contribution in [2.45, 2.75) is 38.5 Å². The molecular formula is C9H15N. The fraction of sp³-hybridized carbons (Fsp3) is 0.889. The number of hydrogen-bond donors (Lipinski definition) is 1. The number of hydrogen-bond acceptors (Lipinski definition) is 1. The van der Waals surface area contributed by atoms with E-state index in [-0.39, 0.29) is 0 Å². The molecule has 2 rings (SSSR count). The Morgan fingerprint density at radius 2 is 1.90 bits per heavy atom. The highest BCUT2D eigenvalue weighted by molar-refractivity contribution is 5.86. The molecule has 0 heterocycles. The van der Waals surface area contributed by atoms with Crippen molar-refractivity contribution in [2.75, 3.05) is 0 Å². The van der Waals surface area contributed by atoms with Gasteiger partial charge in [0.05, 0.1) is 0 Å². The van der Waals surface area contributed by atoms with Crippen LogP contribution < -0.4 is 0 Å². The maximum absolute atomic E-state index is 7.67. The van der Waals surface area contributed by atoms with Crippen LogP contribution in [0.5, 0.6) is 0 Å². The SMILES string of the molecule is N=C1CCC2CCCCC12. The van der Waals surface area contributed by atoms with Gasteiger partial charge in [-0.15, -0.1) is 0 Å². The maximum atomic E-state index is 7.67. The summed E-state index contributed by atoms with van der Waals surface area (Å²) in [6, 6.07) is 0. The summed E-state index contributed by atoms with van der Waals surface area (Å²) in [5.74, 6) is 1.63. The van der Waals surface area contributed by atoms with Crippen LogP contribution in [0, 0.1) is 17.2 Å². The number of rotatable bonds is 0. The third-order valence-corrected chi connectivity index (χ3v) is 3.14. The molecule has 0 saturated heterocycles. The molecule has 0 aliphatic heterocycles. The van der Waals surface area contributed by atoms with Crippen LogP contribution in [0.15, 0.2) is 0 Å². The van der Waals surface area contributed by atoms with Crippen molar-refractivity contribution in [3.8, 4) is 0 Å². The van der Waals surface area contributed by atoms with Crippen LogP contribution in [0.3, 0.4) is 0 Å². The van der Waals surface area contributed by atoms with Crippen LogP contribution in [0.1, 0.15) is 38.5 Å². The molecule has 0 amide bonds. The second kappa shape index (κ2) is 2.37. The zero-order valence-corrected chi connectivity index (χ0v) is 6.40. The van der Waals surface area contributed by atoms with Crippen molar-refractivity contribution in [2.24, 2.45) is 11.8 Å². The maximum Gasteiger partial charge on any atom is 0.0123 e. The van der Waals surface area contributed by atoms with E-state index in [1.807, 2.05) is 0 Å². The van der Waals surface area contributed by atoms with Crippen molar-refractivity contribution in [1.82, 2.24) is 0 Å². The average molecular weight is 137 g/mol. The topological polar surface area (TPSA) is 23.9 Å². The van der Waals surface area contributed by atoms with Gasteiger partial charge in [-0.25, -0.2) is 0 Å². The average Bonchev–Trinajstić information content (AvgIpc) is 2.34. The molecule has 2 aliphatic carbocycles. The lowest BCUT2D eigenvalue weighted by atomic mass is 9.81. The molecule has 0 aromatic rings. The summed E-state index contributed by atoms with van der Waals surface area (Å²) in [4.78, 5) is 0. The van der Waals surface area contributed by atoms with Crippen LogP contribution in [0.2, 0.25) is 0 Å². The Hall–Kier alpha value is -0.330. The Kier molecular flexibility index (Phi) is 1.51. The lowest BCUT2D eigenvalue weighted by molar-refractivity contribution is 0.317. The standard InChI is InChI=1S/C9H15N/c10-9-6-5-7-3-1-2-4-8(7)9/h7-8,10H,1-6H2. The van der Waals surface area contributed by atoms with E-state index in [0.29, 0.717) is 5.92 Å². The van der Waals surface area contributed by atoms with E-state index in [0.717, 1.165) is 18.1 Å². The van der Waals surface area contributed by atoms with Gasteiger partial charge in [0, 0.05) is 5.71 Å². The van der Waals surface area contributed by atoms with Crippen molar-refractivity contribution in [3.63, 3.8) is 0 Å². The largest absolute Gasteiger partial charge is 0.309 e. The van der Waals surface area contributed by atoms with E-state index >= 15 is 0 Å². The van der Waals surface area contributed by atoms with Gasteiger partial charge >= 0.3 is 0 Å². The molecule has 2 fully saturated rings. The van der Waals surface area contributed by atoms with Gasteiger partial charge in [-0.2, -0.15) is 0 Å². The van der Waals surface area contributed by atoms with Crippen LogP contribution in [0.25, 0.3) is 0 Å². The van der Waals surface area contributed by atoms with Crippen LogP contribution in [-0.4, -0.2) is 5.71 Å². The third kappa shape index (κ3) is 0.882. The van der Waals surface area contributed by atoms with Gasteiger partial charge in [-0.1, -0.05) is 12.8 Å². The quantitative estimate of drug-likeness (QED) is 0.530. The van der Waals surface area contributed by atoms with Crippen LogP contribution in [-0.2, 0) is 0 Å². The fourth-order valence-electron chi connectivity index (χ4n) is 2.54. The minimum absolute atomic E-state index is 0.716. The lowest BCUT2D eigenvalue weighted by Crippen LogP contribution is -2.18. The second-order valence-corrected chi connectivity index (χ2v) is 3.71. The molecule has 0 spiro atoms. The van der Waals surface area contributed by atoms with Crippen molar-refractivity contribution >= 4 is 5.71 Å². The molecule has 10 heavy (non-hydrogen) atoms. The molecule has 0 aromatic carbocycles.